The fraction of sp³-hybridized carbons (Fsp3) is 0.417. The lowest BCUT2D eigenvalue weighted by molar-refractivity contribution is 0.415. The van der Waals surface area contributed by atoms with Crippen LogP contribution in [0.15, 0.2) is 29.3 Å². The Morgan fingerprint density at radius 3 is 2.71 bits per heavy atom. The van der Waals surface area contributed by atoms with E-state index in [1.165, 1.54) is 0 Å². The number of nitrogens with two attached hydrogens (primary N) is 1. The zero-order valence-electron chi connectivity index (χ0n) is 10.3. The predicted molar refractivity (Wildman–Crippen MR) is 76.1 cm³/mol. The normalized spacial score (nSPS) is 11.3. The summed E-state index contributed by atoms with van der Waals surface area (Å²) in [5.41, 5.74) is 6.67. The standard InChI is InChI=1S/C12H19N3OS/c1-16-11-6-4-10(5-7-11)15-12(13)14-8-3-9-17-2/h4-7H,3,8-9H2,1-2H3,(H3,13,14,15). The molecule has 0 aliphatic rings. The minimum absolute atomic E-state index is 0.455. The quantitative estimate of drug-likeness (QED) is 0.463. The molecule has 0 bridgehead atoms. The molecule has 94 valence electrons. The maximum Gasteiger partial charge on any atom is 0.193 e. The van der Waals surface area contributed by atoms with Crippen molar-refractivity contribution in [2.24, 2.45) is 10.7 Å². The van der Waals surface area contributed by atoms with Crippen LogP contribution < -0.4 is 15.8 Å². The van der Waals surface area contributed by atoms with Crippen LogP contribution in [-0.4, -0.2) is 31.6 Å². The van der Waals surface area contributed by atoms with Crippen molar-refractivity contribution in [3.05, 3.63) is 24.3 Å². The van der Waals surface area contributed by atoms with Gasteiger partial charge in [-0.2, -0.15) is 11.8 Å². The summed E-state index contributed by atoms with van der Waals surface area (Å²) in [5.74, 6) is 2.39. The highest BCUT2D eigenvalue weighted by atomic mass is 32.2. The summed E-state index contributed by atoms with van der Waals surface area (Å²) < 4.78 is 5.07. The van der Waals surface area contributed by atoms with Crippen LogP contribution in [0.25, 0.3) is 0 Å². The number of guanidine groups is 1. The Kier molecular flexibility index (Phi) is 6.32. The molecule has 17 heavy (non-hydrogen) atoms. The van der Waals surface area contributed by atoms with Crippen LogP contribution in [0.2, 0.25) is 0 Å². The summed E-state index contributed by atoms with van der Waals surface area (Å²) in [6.07, 6.45) is 3.13. The molecule has 5 heteroatoms. The third kappa shape index (κ3) is 5.49. The molecule has 0 atom stereocenters. The average molecular weight is 253 g/mol. The van der Waals surface area contributed by atoms with Crippen LogP contribution in [0.3, 0.4) is 0 Å². The Balaban J connectivity index is 2.41. The molecule has 1 rings (SSSR count). The number of ether oxygens (including phenoxy) is 1. The smallest absolute Gasteiger partial charge is 0.193 e. The number of rotatable bonds is 6. The third-order valence-electron chi connectivity index (χ3n) is 2.15. The first-order chi connectivity index (χ1) is 8.26. The molecular formula is C12H19N3OS. The van der Waals surface area contributed by atoms with Gasteiger partial charge in [-0.15, -0.1) is 0 Å². The number of benzene rings is 1. The van der Waals surface area contributed by atoms with Gasteiger partial charge in [-0.05, 0) is 42.7 Å². The zero-order valence-corrected chi connectivity index (χ0v) is 11.1. The summed E-state index contributed by atoms with van der Waals surface area (Å²) >= 11 is 1.82. The highest BCUT2D eigenvalue weighted by Crippen LogP contribution is 2.14. The molecule has 0 saturated heterocycles. The van der Waals surface area contributed by atoms with Gasteiger partial charge in [-0.3, -0.25) is 4.99 Å². The predicted octanol–water partition coefficient (Wildman–Crippen LogP) is 2.17. The van der Waals surface area contributed by atoms with Crippen molar-refractivity contribution >= 4 is 23.4 Å². The Morgan fingerprint density at radius 2 is 2.12 bits per heavy atom. The highest BCUT2D eigenvalue weighted by Gasteiger charge is 1.95. The summed E-state index contributed by atoms with van der Waals surface area (Å²) in [4.78, 5) is 4.24. The second kappa shape index (κ2) is 7.84. The van der Waals surface area contributed by atoms with Gasteiger partial charge in [-0.1, -0.05) is 0 Å². The second-order valence-electron chi connectivity index (χ2n) is 3.47. The van der Waals surface area contributed by atoms with E-state index in [0.717, 1.165) is 30.2 Å². The van der Waals surface area contributed by atoms with Crippen molar-refractivity contribution in [2.45, 2.75) is 6.42 Å². The molecule has 0 spiro atoms. The van der Waals surface area contributed by atoms with Gasteiger partial charge < -0.3 is 15.8 Å². The van der Waals surface area contributed by atoms with Gasteiger partial charge >= 0.3 is 0 Å². The summed E-state index contributed by atoms with van der Waals surface area (Å²) in [6, 6.07) is 7.57. The fourth-order valence-corrected chi connectivity index (χ4v) is 1.69. The van der Waals surface area contributed by atoms with Crippen LogP contribution in [0.1, 0.15) is 6.42 Å². The van der Waals surface area contributed by atoms with E-state index in [4.69, 9.17) is 10.5 Å². The number of nitrogens with zero attached hydrogens (tertiary/aromatic N) is 1. The topological polar surface area (TPSA) is 59.6 Å². The molecule has 0 unspecified atom stereocenters. The Morgan fingerprint density at radius 1 is 1.41 bits per heavy atom. The van der Waals surface area contributed by atoms with E-state index in [9.17, 15) is 0 Å². The van der Waals surface area contributed by atoms with Crippen LogP contribution in [0, 0.1) is 0 Å². The van der Waals surface area contributed by atoms with Crippen LogP contribution in [0.5, 0.6) is 5.75 Å². The first kappa shape index (κ1) is 13.7. The number of aliphatic imine (C=N–C) groups is 1. The van der Waals surface area contributed by atoms with E-state index >= 15 is 0 Å². The van der Waals surface area contributed by atoms with Gasteiger partial charge in [-0.25, -0.2) is 0 Å². The van der Waals surface area contributed by atoms with Crippen molar-refractivity contribution in [2.75, 3.05) is 31.0 Å². The molecule has 0 aromatic heterocycles. The average Bonchev–Trinajstić information content (AvgIpc) is 2.36. The number of hydrogen-bond donors (Lipinski definition) is 2. The Labute approximate surface area is 107 Å². The molecule has 3 N–H and O–H groups in total. The number of hydrogen-bond acceptors (Lipinski definition) is 3. The van der Waals surface area contributed by atoms with Crippen molar-refractivity contribution in [1.82, 2.24) is 0 Å². The first-order valence-electron chi connectivity index (χ1n) is 5.46. The van der Waals surface area contributed by atoms with Gasteiger partial charge in [0.2, 0.25) is 0 Å². The maximum absolute atomic E-state index is 5.76. The molecule has 0 amide bonds. The number of thioether (sulfide) groups is 1. The van der Waals surface area contributed by atoms with E-state index in [1.54, 1.807) is 7.11 Å². The van der Waals surface area contributed by atoms with Gasteiger partial charge in [0.25, 0.3) is 0 Å². The van der Waals surface area contributed by atoms with Gasteiger partial charge in [0.15, 0.2) is 5.96 Å². The van der Waals surface area contributed by atoms with E-state index in [0.29, 0.717) is 5.96 Å². The molecule has 0 aliphatic carbocycles. The van der Waals surface area contributed by atoms with Gasteiger partial charge in [0, 0.05) is 12.2 Å². The minimum atomic E-state index is 0.455. The second-order valence-corrected chi connectivity index (χ2v) is 4.45. The van der Waals surface area contributed by atoms with Crippen molar-refractivity contribution in [3.8, 4) is 5.75 Å². The van der Waals surface area contributed by atoms with E-state index < -0.39 is 0 Å². The number of methoxy groups -OCH3 is 1. The van der Waals surface area contributed by atoms with Gasteiger partial charge in [0.1, 0.15) is 5.75 Å². The van der Waals surface area contributed by atoms with Crippen LogP contribution in [0.4, 0.5) is 5.69 Å². The SMILES string of the molecule is COc1ccc(NC(N)=NCCCSC)cc1. The fourth-order valence-electron chi connectivity index (χ4n) is 1.27. The molecule has 1 aromatic rings. The molecule has 0 fully saturated rings. The molecule has 0 heterocycles. The van der Waals surface area contributed by atoms with E-state index in [1.807, 2.05) is 36.0 Å². The molecular weight excluding hydrogens is 234 g/mol. The lowest BCUT2D eigenvalue weighted by Crippen LogP contribution is -2.22. The molecule has 0 aliphatic heterocycles. The first-order valence-corrected chi connectivity index (χ1v) is 6.85. The van der Waals surface area contributed by atoms with Crippen LogP contribution in [-0.2, 0) is 0 Å². The largest absolute Gasteiger partial charge is 0.497 e. The van der Waals surface area contributed by atoms with Crippen molar-refractivity contribution < 1.29 is 4.74 Å². The van der Waals surface area contributed by atoms with E-state index in [-0.39, 0.29) is 0 Å². The molecule has 4 nitrogen and oxygen atoms in total. The molecule has 1 aromatic carbocycles. The molecule has 0 radical (unpaired) electrons. The van der Waals surface area contributed by atoms with E-state index in [2.05, 4.69) is 16.6 Å². The van der Waals surface area contributed by atoms with Crippen molar-refractivity contribution in [3.63, 3.8) is 0 Å². The summed E-state index contributed by atoms with van der Waals surface area (Å²) in [7, 11) is 1.64. The summed E-state index contributed by atoms with van der Waals surface area (Å²) in [6.45, 7) is 0.760. The van der Waals surface area contributed by atoms with Crippen LogP contribution >= 0.6 is 11.8 Å². The lowest BCUT2D eigenvalue weighted by Gasteiger charge is -2.06. The zero-order chi connectivity index (χ0) is 12.5. The van der Waals surface area contributed by atoms with Crippen molar-refractivity contribution in [1.29, 1.82) is 0 Å². The maximum atomic E-state index is 5.76. The summed E-state index contributed by atoms with van der Waals surface area (Å²) in [5, 5.41) is 3.04. The third-order valence-corrected chi connectivity index (χ3v) is 2.85. The Bertz CT molecular complexity index is 351. The Hall–Kier alpha value is -1.36. The van der Waals surface area contributed by atoms with Gasteiger partial charge in [0.05, 0.1) is 7.11 Å². The minimum Gasteiger partial charge on any atom is -0.497 e. The monoisotopic (exact) mass is 253 g/mol. The highest BCUT2D eigenvalue weighted by molar-refractivity contribution is 7.98. The number of nitrogens with one attached hydrogen (secondary N) is 1. The molecule has 0 saturated carbocycles. The number of anilines is 1. The lowest BCUT2D eigenvalue weighted by atomic mass is 10.3.